The summed E-state index contributed by atoms with van der Waals surface area (Å²) in [5.41, 5.74) is 2.48. The Morgan fingerprint density at radius 2 is 1.97 bits per heavy atom. The molecule has 0 spiro atoms. The van der Waals surface area contributed by atoms with Gasteiger partial charge in [0.05, 0.1) is 19.4 Å². The molecule has 2 unspecified atom stereocenters. The lowest BCUT2D eigenvalue weighted by atomic mass is 9.83. The lowest BCUT2D eigenvalue weighted by Crippen LogP contribution is -2.40. The van der Waals surface area contributed by atoms with Crippen LogP contribution in [-0.2, 0) is 26.8 Å². The Morgan fingerprint density at radius 1 is 1.24 bits per heavy atom. The summed E-state index contributed by atoms with van der Waals surface area (Å²) in [6, 6.07) is 6.48. The van der Waals surface area contributed by atoms with Crippen LogP contribution in [0.3, 0.4) is 0 Å². The molecule has 0 saturated carbocycles. The molecule has 10 heteroatoms. The number of H-pyrrole nitrogens is 1. The van der Waals surface area contributed by atoms with Crippen molar-refractivity contribution in [1.82, 2.24) is 20.3 Å². The summed E-state index contributed by atoms with van der Waals surface area (Å²) in [5.74, 6) is 0.443. The first-order valence-corrected chi connectivity index (χ1v) is 12.7. The van der Waals surface area contributed by atoms with Crippen LogP contribution >= 0.6 is 0 Å². The van der Waals surface area contributed by atoms with Crippen LogP contribution in [0.1, 0.15) is 38.3 Å². The third-order valence-corrected chi connectivity index (χ3v) is 6.38. The van der Waals surface area contributed by atoms with Crippen LogP contribution < -0.4 is 25.7 Å². The van der Waals surface area contributed by atoms with Crippen molar-refractivity contribution in [2.45, 2.75) is 51.2 Å². The van der Waals surface area contributed by atoms with Crippen LogP contribution in [0.2, 0.25) is 0 Å². The maximum Gasteiger partial charge on any atom is 0.255 e. The normalized spacial score (nSPS) is 18.8. The number of aromatic amines is 1. The van der Waals surface area contributed by atoms with E-state index in [0.717, 1.165) is 22.9 Å². The minimum Gasteiger partial charge on any atom is -0.496 e. The Bertz CT molecular complexity index is 1180. The molecule has 1 aliphatic rings. The van der Waals surface area contributed by atoms with Gasteiger partial charge in [0.25, 0.3) is 5.56 Å². The Morgan fingerprint density at radius 3 is 2.58 bits per heavy atom. The fourth-order valence-electron chi connectivity index (χ4n) is 4.04. The number of pyridine rings is 1. The molecule has 180 valence electrons. The number of amides is 1. The highest BCUT2D eigenvalue weighted by atomic mass is 32.2. The van der Waals surface area contributed by atoms with Gasteiger partial charge >= 0.3 is 0 Å². The van der Waals surface area contributed by atoms with Crippen molar-refractivity contribution < 1.29 is 17.9 Å². The lowest BCUT2D eigenvalue weighted by molar-refractivity contribution is -0.122. The molecule has 4 N–H and O–H groups in total. The summed E-state index contributed by atoms with van der Waals surface area (Å²) in [7, 11) is -1.75. The monoisotopic (exact) mass is 476 g/mol. The maximum absolute atomic E-state index is 12.8. The molecule has 1 aromatic heterocycles. The van der Waals surface area contributed by atoms with Gasteiger partial charge in [-0.25, -0.2) is 13.1 Å². The van der Waals surface area contributed by atoms with E-state index in [2.05, 4.69) is 41.1 Å². The van der Waals surface area contributed by atoms with Gasteiger partial charge < -0.3 is 20.4 Å². The van der Waals surface area contributed by atoms with Gasteiger partial charge in [0.15, 0.2) is 0 Å². The molecule has 1 fully saturated rings. The molecule has 1 aromatic carbocycles. The van der Waals surface area contributed by atoms with Crippen molar-refractivity contribution in [1.29, 1.82) is 0 Å². The predicted octanol–water partition coefficient (Wildman–Crippen LogP) is 1.24. The summed E-state index contributed by atoms with van der Waals surface area (Å²) in [6.45, 7) is 6.77. The van der Waals surface area contributed by atoms with Crippen LogP contribution in [0, 0.1) is 0 Å². The number of benzene rings is 1. The van der Waals surface area contributed by atoms with Gasteiger partial charge in [-0.3, -0.25) is 9.59 Å². The van der Waals surface area contributed by atoms with Gasteiger partial charge in [-0.15, -0.1) is 0 Å². The first kappa shape index (κ1) is 24.9. The van der Waals surface area contributed by atoms with E-state index in [0.29, 0.717) is 24.3 Å². The van der Waals surface area contributed by atoms with Crippen LogP contribution in [0.25, 0.3) is 11.1 Å². The predicted molar refractivity (Wildman–Crippen MR) is 128 cm³/mol. The van der Waals surface area contributed by atoms with Crippen molar-refractivity contribution in [2.75, 3.05) is 19.9 Å². The summed E-state index contributed by atoms with van der Waals surface area (Å²) in [5, 5.41) is 5.97. The minimum absolute atomic E-state index is 0.186. The zero-order valence-electron chi connectivity index (χ0n) is 19.6. The summed E-state index contributed by atoms with van der Waals surface area (Å²) < 4.78 is 31.1. The third kappa shape index (κ3) is 6.21. The zero-order valence-corrected chi connectivity index (χ0v) is 20.4. The highest BCUT2D eigenvalue weighted by molar-refractivity contribution is 7.88. The highest BCUT2D eigenvalue weighted by Crippen LogP contribution is 2.36. The second kappa shape index (κ2) is 9.66. The summed E-state index contributed by atoms with van der Waals surface area (Å²) in [4.78, 5) is 28.0. The number of hydrogen-bond acceptors (Lipinski definition) is 6. The summed E-state index contributed by atoms with van der Waals surface area (Å²) >= 11 is 0. The van der Waals surface area contributed by atoms with E-state index in [1.807, 2.05) is 12.1 Å². The second-order valence-electron chi connectivity index (χ2n) is 9.37. The fraction of sp³-hybridized carbons (Fsp3) is 0.478. The number of aromatic nitrogens is 1. The Labute approximate surface area is 194 Å². The number of hydrogen-bond donors (Lipinski definition) is 4. The molecular formula is C23H32N4O5S. The van der Waals surface area contributed by atoms with E-state index < -0.39 is 16.1 Å². The van der Waals surface area contributed by atoms with Crippen molar-refractivity contribution in [3.05, 3.63) is 51.9 Å². The van der Waals surface area contributed by atoms with Gasteiger partial charge in [0, 0.05) is 36.5 Å². The van der Waals surface area contributed by atoms with Crippen molar-refractivity contribution in [2.24, 2.45) is 0 Å². The number of carbonyl (C=O) groups is 1. The lowest BCUT2D eigenvalue weighted by Gasteiger charge is -2.25. The largest absolute Gasteiger partial charge is 0.496 e. The molecule has 3 rings (SSSR count). The Kier molecular flexibility index (Phi) is 7.30. The molecule has 1 amide bonds. The average Bonchev–Trinajstić information content (AvgIpc) is 3.18. The van der Waals surface area contributed by atoms with Crippen LogP contribution in [0.15, 0.2) is 35.3 Å². The van der Waals surface area contributed by atoms with Crippen LogP contribution in [-0.4, -0.2) is 51.3 Å². The van der Waals surface area contributed by atoms with Gasteiger partial charge in [0.1, 0.15) is 5.75 Å². The molecule has 0 aliphatic carbocycles. The fourth-order valence-corrected chi connectivity index (χ4v) is 4.83. The van der Waals surface area contributed by atoms with E-state index in [-0.39, 0.29) is 29.5 Å². The van der Waals surface area contributed by atoms with Crippen LogP contribution in [0.5, 0.6) is 5.75 Å². The smallest absolute Gasteiger partial charge is 0.255 e. The highest BCUT2D eigenvalue weighted by Gasteiger charge is 2.31. The molecule has 9 nitrogen and oxygen atoms in total. The number of nitrogens with one attached hydrogen (secondary N) is 4. The number of ether oxygens (including phenoxy) is 1. The number of carbonyl (C=O) groups excluding carboxylic acids is 1. The quantitative estimate of drug-likeness (QED) is 0.476. The van der Waals surface area contributed by atoms with Crippen LogP contribution in [0.4, 0.5) is 0 Å². The molecule has 33 heavy (non-hydrogen) atoms. The number of rotatable bonds is 7. The molecule has 1 aliphatic heterocycles. The first-order chi connectivity index (χ1) is 15.4. The second-order valence-corrected chi connectivity index (χ2v) is 11.2. The van der Waals surface area contributed by atoms with E-state index in [9.17, 15) is 18.0 Å². The topological polar surface area (TPSA) is 129 Å². The summed E-state index contributed by atoms with van der Waals surface area (Å²) in [6.07, 6.45) is 3.03. The van der Waals surface area contributed by atoms with E-state index in [1.165, 1.54) is 0 Å². The molecule has 2 heterocycles. The van der Waals surface area contributed by atoms with Crippen molar-refractivity contribution in [3.8, 4) is 16.9 Å². The Hall–Kier alpha value is -2.69. The third-order valence-electron chi connectivity index (χ3n) is 5.62. The first-order valence-electron chi connectivity index (χ1n) is 10.8. The average molecular weight is 477 g/mol. The molecule has 0 bridgehead atoms. The maximum atomic E-state index is 12.8. The molecule has 0 radical (unpaired) electrons. The minimum atomic E-state index is -3.34. The van der Waals surface area contributed by atoms with Gasteiger partial charge in [-0.05, 0) is 47.2 Å². The van der Waals surface area contributed by atoms with Gasteiger partial charge in [-0.2, -0.15) is 0 Å². The van der Waals surface area contributed by atoms with E-state index in [1.54, 1.807) is 25.4 Å². The van der Waals surface area contributed by atoms with Gasteiger partial charge in [0.2, 0.25) is 15.9 Å². The van der Waals surface area contributed by atoms with Gasteiger partial charge in [-0.1, -0.05) is 20.8 Å². The molecule has 2 aromatic rings. The van der Waals surface area contributed by atoms with Crippen molar-refractivity contribution in [3.63, 3.8) is 0 Å². The number of methoxy groups -OCH3 is 1. The van der Waals surface area contributed by atoms with Crippen molar-refractivity contribution >= 4 is 15.9 Å². The van der Waals surface area contributed by atoms with E-state index >= 15 is 0 Å². The standard InChI is InChI=1S/C23H32N4O5S/c1-23(2,3)18-11-17(16-7-6-8-24-21(16)28)14(9-20(18)32-4)12-26-22(29)19-10-15(13-25-19)27-33(5,30)31/h6-9,11,15,19,25,27H,10,12-13H2,1-5H3,(H,24,28)(H,26,29). The SMILES string of the molecule is COc1cc(CNC(=O)C2CC(NS(C)(=O)=O)CN2)c(-c2ccc[nH]c2=O)cc1C(C)(C)C. The zero-order chi connectivity index (χ0) is 24.4. The molecular weight excluding hydrogens is 444 g/mol. The number of sulfonamides is 1. The van der Waals surface area contributed by atoms with E-state index in [4.69, 9.17) is 4.74 Å². The molecule has 2 atom stereocenters. The Balaban J connectivity index is 1.87. The molecule has 1 saturated heterocycles.